The molecule has 1 aliphatic rings. The molecule has 0 atom stereocenters. The van der Waals surface area contributed by atoms with Crippen LogP contribution in [0.5, 0.6) is 0 Å². The van der Waals surface area contributed by atoms with Gasteiger partial charge in [0.1, 0.15) is 0 Å². The zero-order chi connectivity index (χ0) is 29.0. The van der Waals surface area contributed by atoms with E-state index in [-0.39, 0.29) is 0 Å². The Balaban J connectivity index is 1.10. The van der Waals surface area contributed by atoms with Gasteiger partial charge in [-0.05, 0) is 87.1 Å². The van der Waals surface area contributed by atoms with Crippen LogP contribution in [0.2, 0.25) is 0 Å². The Labute approximate surface area is 256 Å². The maximum Gasteiger partial charge on any atom is 0.0551 e. The maximum absolute atomic E-state index is 3.73. The first-order valence-electron chi connectivity index (χ1n) is 15.1. The van der Waals surface area contributed by atoms with Gasteiger partial charge < -0.3 is 9.88 Å². The van der Waals surface area contributed by atoms with Crippen LogP contribution < -0.4 is 4.90 Å². The molecule has 0 radical (unpaired) electrons. The molecule has 1 N–H and O–H groups in total. The first kappa shape index (κ1) is 24.7. The number of anilines is 3. The number of hydrogen-bond acceptors (Lipinski definition) is 1. The zero-order valence-electron chi connectivity index (χ0n) is 24.0. The second kappa shape index (κ2) is 9.86. The van der Waals surface area contributed by atoms with Crippen LogP contribution in [0.1, 0.15) is 0 Å². The van der Waals surface area contributed by atoms with E-state index in [1.807, 2.05) is 0 Å². The highest BCUT2D eigenvalue weighted by atomic mass is 15.1. The van der Waals surface area contributed by atoms with E-state index in [4.69, 9.17) is 0 Å². The lowest BCUT2D eigenvalue weighted by Crippen LogP contribution is -2.09. The molecule has 1 heterocycles. The van der Waals surface area contributed by atoms with Crippen molar-refractivity contribution in [2.75, 3.05) is 4.90 Å². The SMILES string of the molecule is c1ccc(-c2ccc(N(c3ccccc3)c3ccc(-c4ccc5[nH]c6c(c5c4)-c4cccc5cccc-6c45)cc3)cc2)cc1. The van der Waals surface area contributed by atoms with E-state index in [9.17, 15) is 0 Å². The zero-order valence-corrected chi connectivity index (χ0v) is 24.0. The predicted molar refractivity (Wildman–Crippen MR) is 186 cm³/mol. The van der Waals surface area contributed by atoms with Crippen LogP contribution in [0.3, 0.4) is 0 Å². The lowest BCUT2D eigenvalue weighted by atomic mass is 9.98. The summed E-state index contributed by atoms with van der Waals surface area (Å²) in [6.45, 7) is 0. The summed E-state index contributed by atoms with van der Waals surface area (Å²) in [7, 11) is 0. The molecular weight excluding hydrogens is 532 g/mol. The third-order valence-electron chi connectivity index (χ3n) is 8.95. The van der Waals surface area contributed by atoms with E-state index in [1.54, 1.807) is 0 Å². The number of H-pyrrole nitrogens is 1. The molecule has 2 nitrogen and oxygen atoms in total. The number of aromatic nitrogens is 1. The summed E-state index contributed by atoms with van der Waals surface area (Å²) in [5.74, 6) is 0. The Morgan fingerprint density at radius 2 is 0.955 bits per heavy atom. The van der Waals surface area contributed by atoms with Crippen LogP contribution in [-0.2, 0) is 0 Å². The quantitative estimate of drug-likeness (QED) is 0.222. The van der Waals surface area contributed by atoms with Gasteiger partial charge in [-0.1, -0.05) is 115 Å². The summed E-state index contributed by atoms with van der Waals surface area (Å²) in [5.41, 5.74) is 14.6. The van der Waals surface area contributed by atoms with Crippen molar-refractivity contribution in [3.63, 3.8) is 0 Å². The molecule has 0 aliphatic heterocycles. The molecule has 7 aromatic carbocycles. The molecule has 0 bridgehead atoms. The molecule has 1 aromatic heterocycles. The standard InChI is InChI=1S/C42H28N2/c1-3-9-28(10-4-1)29-17-22-34(23-18-29)44(33-13-5-2-6-14-33)35-24-19-30(20-25-35)32-21-26-39-38(27-32)41-36-15-7-11-31-12-8-16-37(40(31)36)42(41)43-39/h1-27,43H. The summed E-state index contributed by atoms with van der Waals surface area (Å²) in [6.07, 6.45) is 0. The van der Waals surface area contributed by atoms with Crippen molar-refractivity contribution < 1.29 is 0 Å². The molecular formula is C42H28N2. The molecule has 0 spiro atoms. The van der Waals surface area contributed by atoms with Crippen molar-refractivity contribution in [3.05, 3.63) is 164 Å². The molecule has 9 rings (SSSR count). The molecule has 0 amide bonds. The average Bonchev–Trinajstić information content (AvgIpc) is 3.63. The lowest BCUT2D eigenvalue weighted by molar-refractivity contribution is 1.28. The van der Waals surface area contributed by atoms with E-state index < -0.39 is 0 Å². The first-order chi connectivity index (χ1) is 21.8. The summed E-state index contributed by atoms with van der Waals surface area (Å²) in [5, 5.41) is 3.92. The molecule has 0 unspecified atom stereocenters. The van der Waals surface area contributed by atoms with Gasteiger partial charge >= 0.3 is 0 Å². The van der Waals surface area contributed by atoms with Crippen LogP contribution in [0, 0.1) is 0 Å². The summed E-state index contributed by atoms with van der Waals surface area (Å²) in [6, 6.07) is 59.0. The van der Waals surface area contributed by atoms with Gasteiger partial charge in [-0.15, -0.1) is 0 Å². The van der Waals surface area contributed by atoms with Gasteiger partial charge in [0, 0.05) is 39.1 Å². The van der Waals surface area contributed by atoms with Gasteiger partial charge in [-0.25, -0.2) is 0 Å². The van der Waals surface area contributed by atoms with E-state index in [0.717, 1.165) is 17.1 Å². The fraction of sp³-hybridized carbons (Fsp3) is 0. The second-order valence-electron chi connectivity index (χ2n) is 11.5. The highest BCUT2D eigenvalue weighted by Gasteiger charge is 2.25. The van der Waals surface area contributed by atoms with Crippen LogP contribution in [-0.4, -0.2) is 4.98 Å². The Morgan fingerprint density at radius 1 is 0.409 bits per heavy atom. The number of nitrogens with one attached hydrogen (secondary N) is 1. The smallest absolute Gasteiger partial charge is 0.0551 e. The monoisotopic (exact) mass is 560 g/mol. The fourth-order valence-electron chi connectivity index (χ4n) is 6.87. The fourth-order valence-corrected chi connectivity index (χ4v) is 6.87. The Hall–Kier alpha value is -5.86. The van der Waals surface area contributed by atoms with Crippen LogP contribution in [0.15, 0.2) is 164 Å². The van der Waals surface area contributed by atoms with E-state index in [0.29, 0.717) is 0 Å². The van der Waals surface area contributed by atoms with E-state index in [2.05, 4.69) is 174 Å². The van der Waals surface area contributed by atoms with Crippen molar-refractivity contribution in [1.82, 2.24) is 4.98 Å². The minimum Gasteiger partial charge on any atom is -0.354 e. The molecule has 44 heavy (non-hydrogen) atoms. The molecule has 8 aromatic rings. The number of fused-ring (bicyclic) bond motifs is 5. The molecule has 0 saturated carbocycles. The molecule has 1 aliphatic carbocycles. The summed E-state index contributed by atoms with van der Waals surface area (Å²) < 4.78 is 0. The predicted octanol–water partition coefficient (Wildman–Crippen LogP) is 11.8. The minimum absolute atomic E-state index is 1.12. The third-order valence-corrected chi connectivity index (χ3v) is 8.95. The highest BCUT2D eigenvalue weighted by Crippen LogP contribution is 2.50. The van der Waals surface area contributed by atoms with Crippen molar-refractivity contribution in [3.8, 4) is 44.6 Å². The molecule has 0 saturated heterocycles. The lowest BCUT2D eigenvalue weighted by Gasteiger charge is -2.26. The number of hydrogen-bond donors (Lipinski definition) is 1. The van der Waals surface area contributed by atoms with Gasteiger partial charge in [-0.2, -0.15) is 0 Å². The van der Waals surface area contributed by atoms with Crippen molar-refractivity contribution in [2.45, 2.75) is 0 Å². The van der Waals surface area contributed by atoms with Gasteiger partial charge in [0.2, 0.25) is 0 Å². The van der Waals surface area contributed by atoms with Crippen LogP contribution in [0.4, 0.5) is 17.1 Å². The number of rotatable bonds is 5. The van der Waals surface area contributed by atoms with Crippen molar-refractivity contribution in [1.29, 1.82) is 0 Å². The topological polar surface area (TPSA) is 19.0 Å². The second-order valence-corrected chi connectivity index (χ2v) is 11.5. The van der Waals surface area contributed by atoms with E-state index >= 15 is 0 Å². The largest absolute Gasteiger partial charge is 0.354 e. The highest BCUT2D eigenvalue weighted by molar-refractivity contribution is 6.21. The Morgan fingerprint density at radius 3 is 1.64 bits per heavy atom. The Bertz CT molecular complexity index is 2290. The van der Waals surface area contributed by atoms with Gasteiger partial charge in [-0.3, -0.25) is 0 Å². The number of aromatic amines is 1. The number of nitrogens with zero attached hydrogens (tertiary/aromatic N) is 1. The molecule has 2 heteroatoms. The summed E-state index contributed by atoms with van der Waals surface area (Å²) in [4.78, 5) is 6.05. The first-order valence-corrected chi connectivity index (χ1v) is 15.1. The van der Waals surface area contributed by atoms with Crippen molar-refractivity contribution in [2.24, 2.45) is 0 Å². The number of benzene rings is 7. The van der Waals surface area contributed by atoms with Gasteiger partial charge in [0.05, 0.1) is 5.69 Å². The molecule has 206 valence electrons. The summed E-state index contributed by atoms with van der Waals surface area (Å²) >= 11 is 0. The van der Waals surface area contributed by atoms with Gasteiger partial charge in [0.25, 0.3) is 0 Å². The minimum atomic E-state index is 1.12. The number of para-hydroxylation sites is 1. The Kier molecular flexibility index (Phi) is 5.54. The van der Waals surface area contributed by atoms with Crippen molar-refractivity contribution >= 4 is 38.7 Å². The van der Waals surface area contributed by atoms with E-state index in [1.165, 1.54) is 66.3 Å². The maximum atomic E-state index is 3.73. The third kappa shape index (κ3) is 3.89. The van der Waals surface area contributed by atoms with Crippen LogP contribution in [0.25, 0.3) is 66.3 Å². The van der Waals surface area contributed by atoms with Gasteiger partial charge in [0.15, 0.2) is 0 Å². The van der Waals surface area contributed by atoms with Crippen LogP contribution >= 0.6 is 0 Å². The average molecular weight is 561 g/mol. The normalized spacial score (nSPS) is 11.6. The molecule has 0 fully saturated rings.